The van der Waals surface area contributed by atoms with E-state index in [1.807, 2.05) is 30.5 Å². The molecule has 0 saturated heterocycles. The number of rotatable bonds is 2. The fourth-order valence-corrected chi connectivity index (χ4v) is 3.34. The van der Waals surface area contributed by atoms with Crippen LogP contribution in [0.4, 0.5) is 5.69 Å². The lowest BCUT2D eigenvalue weighted by atomic mass is 9.86. The molecule has 1 aliphatic rings. The predicted octanol–water partition coefficient (Wildman–Crippen LogP) is 5.06. The second kappa shape index (κ2) is 6.85. The molecule has 0 spiro atoms. The van der Waals surface area contributed by atoms with Crippen molar-refractivity contribution >= 4 is 17.4 Å². The Bertz CT molecular complexity index is 967. The van der Waals surface area contributed by atoms with E-state index in [0.717, 1.165) is 16.8 Å². The second-order valence-electron chi connectivity index (χ2n) is 7.51. The number of nitrogens with one attached hydrogen (secondary N) is 1. The summed E-state index contributed by atoms with van der Waals surface area (Å²) in [7, 11) is 0. The standard InChI is InChI=1S/C21H22N4OS/c1-21(2,3)14-11-9-13(10-12-14)18-22-16-8-6-5-7-15(16)17-19(26-18)23-20(27-4)25-24-17/h5-12,18,22H,1-4H3/t18-/m0/s1. The fraction of sp³-hybridized carbons (Fsp3) is 0.286. The molecule has 0 saturated carbocycles. The zero-order chi connectivity index (χ0) is 19.0. The third-order valence-corrected chi connectivity index (χ3v) is 5.13. The van der Waals surface area contributed by atoms with Gasteiger partial charge in [-0.2, -0.15) is 4.98 Å². The van der Waals surface area contributed by atoms with Crippen molar-refractivity contribution < 1.29 is 4.74 Å². The second-order valence-corrected chi connectivity index (χ2v) is 8.29. The lowest BCUT2D eigenvalue weighted by Gasteiger charge is -2.22. The number of thioether (sulfide) groups is 1. The first-order valence-corrected chi connectivity index (χ1v) is 10.1. The van der Waals surface area contributed by atoms with Gasteiger partial charge in [-0.3, -0.25) is 0 Å². The van der Waals surface area contributed by atoms with Crippen LogP contribution in [-0.2, 0) is 5.41 Å². The van der Waals surface area contributed by atoms with Crippen molar-refractivity contribution in [2.45, 2.75) is 37.6 Å². The molecule has 2 aromatic carbocycles. The molecule has 0 fully saturated rings. The van der Waals surface area contributed by atoms with Gasteiger partial charge in [0, 0.05) is 16.8 Å². The highest BCUT2D eigenvalue weighted by Gasteiger charge is 2.26. The van der Waals surface area contributed by atoms with E-state index < -0.39 is 0 Å². The van der Waals surface area contributed by atoms with E-state index in [1.54, 1.807) is 0 Å². The van der Waals surface area contributed by atoms with E-state index in [1.165, 1.54) is 17.3 Å². The molecule has 0 unspecified atom stereocenters. The molecule has 27 heavy (non-hydrogen) atoms. The molecule has 1 aromatic heterocycles. The Kier molecular flexibility index (Phi) is 4.52. The molecule has 2 heterocycles. The lowest BCUT2D eigenvalue weighted by molar-refractivity contribution is 0.225. The number of benzene rings is 2. The number of hydrogen-bond donors (Lipinski definition) is 1. The molecule has 0 amide bonds. The summed E-state index contributed by atoms with van der Waals surface area (Å²) in [4.78, 5) is 4.55. The van der Waals surface area contributed by atoms with Crippen LogP contribution in [0, 0.1) is 0 Å². The molecule has 1 atom stereocenters. The summed E-state index contributed by atoms with van der Waals surface area (Å²) in [5.74, 6) is 0.497. The van der Waals surface area contributed by atoms with Gasteiger partial charge in [-0.25, -0.2) is 0 Å². The molecule has 0 bridgehead atoms. The molecular formula is C21H22N4OS. The van der Waals surface area contributed by atoms with Crippen LogP contribution in [0.15, 0.2) is 53.7 Å². The van der Waals surface area contributed by atoms with Crippen LogP contribution in [0.2, 0.25) is 0 Å². The van der Waals surface area contributed by atoms with Crippen LogP contribution in [0.1, 0.15) is 38.1 Å². The monoisotopic (exact) mass is 378 g/mol. The van der Waals surface area contributed by atoms with Gasteiger partial charge in [0.25, 0.3) is 0 Å². The third-order valence-electron chi connectivity index (χ3n) is 4.60. The van der Waals surface area contributed by atoms with Crippen molar-refractivity contribution in [3.05, 3.63) is 59.7 Å². The molecule has 138 valence electrons. The first-order valence-electron chi connectivity index (χ1n) is 8.87. The van der Waals surface area contributed by atoms with Gasteiger partial charge in [0.2, 0.25) is 11.0 Å². The number of aromatic nitrogens is 3. The number of nitrogens with zero attached hydrogens (tertiary/aromatic N) is 3. The SMILES string of the molecule is CSc1nnc2c(n1)O[C@@H](c1ccc(C(C)(C)C)cc1)Nc1ccccc1-2. The maximum atomic E-state index is 6.26. The minimum Gasteiger partial charge on any atom is -0.448 e. The average molecular weight is 379 g/mol. The largest absolute Gasteiger partial charge is 0.448 e. The van der Waals surface area contributed by atoms with E-state index in [4.69, 9.17) is 4.74 Å². The zero-order valence-electron chi connectivity index (χ0n) is 15.9. The number of para-hydroxylation sites is 1. The maximum absolute atomic E-state index is 6.26. The minimum atomic E-state index is -0.354. The van der Waals surface area contributed by atoms with Crippen LogP contribution in [0.3, 0.4) is 0 Å². The summed E-state index contributed by atoms with van der Waals surface area (Å²) >= 11 is 1.45. The van der Waals surface area contributed by atoms with E-state index in [-0.39, 0.29) is 11.6 Å². The van der Waals surface area contributed by atoms with Crippen molar-refractivity contribution in [1.29, 1.82) is 0 Å². The first kappa shape index (κ1) is 17.8. The molecule has 5 nitrogen and oxygen atoms in total. The molecular weight excluding hydrogens is 356 g/mol. The van der Waals surface area contributed by atoms with Gasteiger partial charge in [0.05, 0.1) is 0 Å². The number of hydrogen-bond acceptors (Lipinski definition) is 6. The van der Waals surface area contributed by atoms with Gasteiger partial charge >= 0.3 is 0 Å². The Balaban J connectivity index is 1.78. The summed E-state index contributed by atoms with van der Waals surface area (Å²) in [6.07, 6.45) is 1.57. The molecule has 3 aromatic rings. The molecule has 4 rings (SSSR count). The Hall–Kier alpha value is -2.60. The highest BCUT2D eigenvalue weighted by atomic mass is 32.2. The van der Waals surface area contributed by atoms with E-state index >= 15 is 0 Å². The molecule has 1 aliphatic heterocycles. The van der Waals surface area contributed by atoms with Crippen molar-refractivity contribution in [1.82, 2.24) is 15.2 Å². The van der Waals surface area contributed by atoms with Crippen LogP contribution in [-0.4, -0.2) is 21.4 Å². The quantitative estimate of drug-likeness (QED) is 0.629. The van der Waals surface area contributed by atoms with Gasteiger partial charge in [-0.15, -0.1) is 10.2 Å². The zero-order valence-corrected chi connectivity index (χ0v) is 16.7. The summed E-state index contributed by atoms with van der Waals surface area (Å²) in [6, 6.07) is 16.5. The van der Waals surface area contributed by atoms with Gasteiger partial charge in [-0.1, -0.05) is 75.0 Å². The normalized spacial score (nSPS) is 15.8. The third kappa shape index (κ3) is 3.49. The lowest BCUT2D eigenvalue weighted by Crippen LogP contribution is -2.18. The number of ether oxygens (including phenoxy) is 1. The van der Waals surface area contributed by atoms with Crippen LogP contribution in [0.25, 0.3) is 11.3 Å². The maximum Gasteiger partial charge on any atom is 0.247 e. The van der Waals surface area contributed by atoms with Gasteiger partial charge in [0.1, 0.15) is 0 Å². The van der Waals surface area contributed by atoms with Crippen LogP contribution >= 0.6 is 11.8 Å². The molecule has 0 radical (unpaired) electrons. The van der Waals surface area contributed by atoms with Crippen molar-refractivity contribution in [2.75, 3.05) is 11.6 Å². The number of anilines is 1. The van der Waals surface area contributed by atoms with Gasteiger partial charge < -0.3 is 10.1 Å². The minimum absolute atomic E-state index is 0.111. The highest BCUT2D eigenvalue weighted by molar-refractivity contribution is 7.98. The van der Waals surface area contributed by atoms with Gasteiger partial charge in [-0.05, 0) is 23.3 Å². The summed E-state index contributed by atoms with van der Waals surface area (Å²) < 4.78 is 6.26. The Morgan fingerprint density at radius 1 is 1.00 bits per heavy atom. The Morgan fingerprint density at radius 3 is 2.44 bits per heavy atom. The smallest absolute Gasteiger partial charge is 0.247 e. The number of fused-ring (bicyclic) bond motifs is 3. The predicted molar refractivity (Wildman–Crippen MR) is 109 cm³/mol. The molecule has 1 N–H and O–H groups in total. The van der Waals surface area contributed by atoms with E-state index in [2.05, 4.69) is 65.5 Å². The summed E-state index contributed by atoms with van der Waals surface area (Å²) in [6.45, 7) is 6.63. The highest BCUT2D eigenvalue weighted by Crippen LogP contribution is 2.39. The Morgan fingerprint density at radius 2 is 1.74 bits per heavy atom. The van der Waals surface area contributed by atoms with Crippen LogP contribution in [0.5, 0.6) is 5.88 Å². The van der Waals surface area contributed by atoms with Crippen LogP contribution < -0.4 is 10.1 Å². The van der Waals surface area contributed by atoms with E-state index in [0.29, 0.717) is 16.7 Å². The first-order chi connectivity index (χ1) is 13.0. The van der Waals surface area contributed by atoms with Crippen molar-refractivity contribution in [2.24, 2.45) is 0 Å². The molecule has 6 heteroatoms. The fourth-order valence-electron chi connectivity index (χ4n) is 3.04. The summed E-state index contributed by atoms with van der Waals surface area (Å²) in [5.41, 5.74) is 4.98. The summed E-state index contributed by atoms with van der Waals surface area (Å²) in [5, 5.41) is 12.6. The average Bonchev–Trinajstić information content (AvgIpc) is 2.83. The van der Waals surface area contributed by atoms with Gasteiger partial charge in [0.15, 0.2) is 11.9 Å². The van der Waals surface area contributed by atoms with Crippen molar-refractivity contribution in [3.63, 3.8) is 0 Å². The van der Waals surface area contributed by atoms with E-state index in [9.17, 15) is 0 Å². The van der Waals surface area contributed by atoms with Crippen molar-refractivity contribution in [3.8, 4) is 17.1 Å². The topological polar surface area (TPSA) is 59.9 Å². The molecule has 0 aliphatic carbocycles. The Labute approximate surface area is 163 Å².